The average molecular weight is 318 g/mol. The van der Waals surface area contributed by atoms with Crippen LogP contribution in [0.25, 0.3) is 0 Å². The van der Waals surface area contributed by atoms with Gasteiger partial charge in [0.05, 0.1) is 12.8 Å². The molecule has 0 amide bonds. The first-order chi connectivity index (χ1) is 11.9. The Balaban J connectivity index is 1.75. The Kier molecular flexibility index (Phi) is 5.36. The number of para-hydroxylation sites is 1. The topological polar surface area (TPSA) is 33.3 Å². The lowest BCUT2D eigenvalue weighted by atomic mass is 10.2. The van der Waals surface area contributed by atoms with Crippen LogP contribution in [-0.4, -0.2) is 7.11 Å². The summed E-state index contributed by atoms with van der Waals surface area (Å²) < 4.78 is 5.52. The highest BCUT2D eigenvalue weighted by Crippen LogP contribution is 2.33. The quantitative estimate of drug-likeness (QED) is 0.649. The molecule has 0 saturated heterocycles. The summed E-state index contributed by atoms with van der Waals surface area (Å²) in [4.78, 5) is 0. The van der Waals surface area contributed by atoms with E-state index in [1.54, 1.807) is 7.11 Å². The molecule has 0 aliphatic carbocycles. The number of ether oxygens (including phenoxy) is 1. The molecule has 0 aliphatic heterocycles. The lowest BCUT2D eigenvalue weighted by Gasteiger charge is -2.17. The molecule has 3 rings (SSSR count). The SMILES string of the molecule is COc1cccc(NCc2ccccc2)c1NCc1ccccc1. The Morgan fingerprint density at radius 1 is 0.667 bits per heavy atom. The van der Waals surface area contributed by atoms with Gasteiger partial charge in [-0.3, -0.25) is 0 Å². The zero-order valence-corrected chi connectivity index (χ0v) is 13.8. The second-order valence-corrected chi connectivity index (χ2v) is 5.56. The Labute approximate surface area is 143 Å². The molecule has 0 aliphatic rings. The third kappa shape index (κ3) is 4.07. The van der Waals surface area contributed by atoms with Crippen molar-refractivity contribution in [2.75, 3.05) is 17.7 Å². The Morgan fingerprint density at radius 2 is 1.25 bits per heavy atom. The van der Waals surface area contributed by atoms with Crippen molar-refractivity contribution in [3.05, 3.63) is 90.0 Å². The standard InChI is InChI=1S/C21H22N2O/c1-24-20-14-8-13-19(22-15-17-9-4-2-5-10-17)21(20)23-16-18-11-6-3-7-12-18/h2-14,22-23H,15-16H2,1H3. The van der Waals surface area contributed by atoms with Gasteiger partial charge < -0.3 is 15.4 Å². The maximum atomic E-state index is 5.52. The molecule has 3 aromatic rings. The molecule has 2 N–H and O–H groups in total. The first-order valence-corrected chi connectivity index (χ1v) is 8.09. The largest absolute Gasteiger partial charge is 0.495 e. The van der Waals surface area contributed by atoms with Crippen LogP contribution in [0.4, 0.5) is 11.4 Å². The Hall–Kier alpha value is -2.94. The molecule has 0 bridgehead atoms. The number of anilines is 2. The molecule has 0 saturated carbocycles. The van der Waals surface area contributed by atoms with Gasteiger partial charge in [0.2, 0.25) is 0 Å². The summed E-state index contributed by atoms with van der Waals surface area (Å²) in [6.07, 6.45) is 0. The highest BCUT2D eigenvalue weighted by Gasteiger charge is 2.08. The summed E-state index contributed by atoms with van der Waals surface area (Å²) in [7, 11) is 1.70. The van der Waals surface area contributed by atoms with Gasteiger partial charge >= 0.3 is 0 Å². The van der Waals surface area contributed by atoms with Crippen molar-refractivity contribution in [3.8, 4) is 5.75 Å². The molecule has 0 spiro atoms. The van der Waals surface area contributed by atoms with Crippen molar-refractivity contribution in [2.45, 2.75) is 13.1 Å². The molecule has 24 heavy (non-hydrogen) atoms. The van der Waals surface area contributed by atoms with Gasteiger partial charge in [-0.15, -0.1) is 0 Å². The monoisotopic (exact) mass is 318 g/mol. The van der Waals surface area contributed by atoms with E-state index in [9.17, 15) is 0 Å². The van der Waals surface area contributed by atoms with E-state index in [2.05, 4.69) is 53.1 Å². The van der Waals surface area contributed by atoms with Crippen molar-refractivity contribution >= 4 is 11.4 Å². The first kappa shape index (κ1) is 15.9. The maximum absolute atomic E-state index is 5.52. The molecule has 0 fully saturated rings. The van der Waals surface area contributed by atoms with E-state index >= 15 is 0 Å². The number of hydrogen-bond acceptors (Lipinski definition) is 3. The Bertz CT molecular complexity index is 757. The summed E-state index contributed by atoms with van der Waals surface area (Å²) in [5.41, 5.74) is 4.50. The van der Waals surface area contributed by atoms with Gasteiger partial charge in [0.25, 0.3) is 0 Å². The van der Waals surface area contributed by atoms with E-state index in [0.29, 0.717) is 0 Å². The van der Waals surface area contributed by atoms with Gasteiger partial charge in [-0.2, -0.15) is 0 Å². The normalized spacial score (nSPS) is 10.2. The van der Waals surface area contributed by atoms with Crippen molar-refractivity contribution in [1.29, 1.82) is 0 Å². The van der Waals surface area contributed by atoms with Gasteiger partial charge in [0.15, 0.2) is 0 Å². The highest BCUT2D eigenvalue weighted by molar-refractivity contribution is 5.75. The fraction of sp³-hybridized carbons (Fsp3) is 0.143. The van der Waals surface area contributed by atoms with Crippen LogP contribution in [0, 0.1) is 0 Å². The van der Waals surface area contributed by atoms with Crippen LogP contribution in [0.5, 0.6) is 5.75 Å². The summed E-state index contributed by atoms with van der Waals surface area (Å²) in [5, 5.41) is 7.00. The second kappa shape index (κ2) is 8.06. The summed E-state index contributed by atoms with van der Waals surface area (Å²) >= 11 is 0. The van der Waals surface area contributed by atoms with E-state index in [0.717, 1.165) is 30.2 Å². The van der Waals surface area contributed by atoms with Gasteiger partial charge in [-0.05, 0) is 23.3 Å². The third-order valence-corrected chi connectivity index (χ3v) is 3.88. The van der Waals surface area contributed by atoms with Gasteiger partial charge in [0, 0.05) is 13.1 Å². The highest BCUT2D eigenvalue weighted by atomic mass is 16.5. The molecular formula is C21H22N2O. The molecule has 122 valence electrons. The molecule has 0 heterocycles. The molecule has 0 aromatic heterocycles. The van der Waals surface area contributed by atoms with E-state index in [1.807, 2.05) is 36.4 Å². The van der Waals surface area contributed by atoms with E-state index < -0.39 is 0 Å². The number of hydrogen-bond donors (Lipinski definition) is 2. The van der Waals surface area contributed by atoms with Crippen LogP contribution in [-0.2, 0) is 13.1 Å². The van der Waals surface area contributed by atoms with Gasteiger partial charge in [-0.1, -0.05) is 66.7 Å². The zero-order chi connectivity index (χ0) is 16.6. The lowest BCUT2D eigenvalue weighted by Crippen LogP contribution is -2.07. The van der Waals surface area contributed by atoms with Crippen LogP contribution in [0.2, 0.25) is 0 Å². The minimum Gasteiger partial charge on any atom is -0.495 e. The minimum absolute atomic E-state index is 0.751. The van der Waals surface area contributed by atoms with E-state index in [1.165, 1.54) is 11.1 Å². The molecule has 3 aromatic carbocycles. The van der Waals surface area contributed by atoms with Crippen molar-refractivity contribution < 1.29 is 4.74 Å². The maximum Gasteiger partial charge on any atom is 0.144 e. The van der Waals surface area contributed by atoms with E-state index in [4.69, 9.17) is 4.74 Å². The molecule has 3 nitrogen and oxygen atoms in total. The van der Waals surface area contributed by atoms with Gasteiger partial charge in [0.1, 0.15) is 11.4 Å². The fourth-order valence-corrected chi connectivity index (χ4v) is 2.61. The predicted octanol–water partition coefficient (Wildman–Crippen LogP) is 4.92. The van der Waals surface area contributed by atoms with Gasteiger partial charge in [-0.25, -0.2) is 0 Å². The second-order valence-electron chi connectivity index (χ2n) is 5.56. The molecule has 0 radical (unpaired) electrons. The summed E-state index contributed by atoms with van der Waals surface area (Å²) in [6, 6.07) is 26.8. The van der Waals surface area contributed by atoms with E-state index in [-0.39, 0.29) is 0 Å². The first-order valence-electron chi connectivity index (χ1n) is 8.09. The van der Waals surface area contributed by atoms with Crippen LogP contribution in [0.15, 0.2) is 78.9 Å². The van der Waals surface area contributed by atoms with Crippen molar-refractivity contribution in [2.24, 2.45) is 0 Å². The average Bonchev–Trinajstić information content (AvgIpc) is 2.66. The smallest absolute Gasteiger partial charge is 0.144 e. The molecule has 3 heteroatoms. The van der Waals surface area contributed by atoms with Crippen molar-refractivity contribution in [1.82, 2.24) is 0 Å². The zero-order valence-electron chi connectivity index (χ0n) is 13.8. The predicted molar refractivity (Wildman–Crippen MR) is 101 cm³/mol. The summed E-state index contributed by atoms with van der Waals surface area (Å²) in [6.45, 7) is 1.52. The fourth-order valence-electron chi connectivity index (χ4n) is 2.61. The number of rotatable bonds is 7. The third-order valence-electron chi connectivity index (χ3n) is 3.88. The molecule has 0 unspecified atom stereocenters. The molecular weight excluding hydrogens is 296 g/mol. The van der Waals surface area contributed by atoms with Crippen LogP contribution < -0.4 is 15.4 Å². The number of methoxy groups -OCH3 is 1. The number of benzene rings is 3. The van der Waals surface area contributed by atoms with Crippen LogP contribution >= 0.6 is 0 Å². The minimum atomic E-state index is 0.751. The van der Waals surface area contributed by atoms with Crippen LogP contribution in [0.1, 0.15) is 11.1 Å². The van der Waals surface area contributed by atoms with Crippen LogP contribution in [0.3, 0.4) is 0 Å². The lowest BCUT2D eigenvalue weighted by molar-refractivity contribution is 0.416. The molecule has 0 atom stereocenters. The van der Waals surface area contributed by atoms with Crippen molar-refractivity contribution in [3.63, 3.8) is 0 Å². The Morgan fingerprint density at radius 3 is 1.83 bits per heavy atom. The summed E-state index contributed by atoms with van der Waals surface area (Å²) in [5.74, 6) is 0.837. The number of nitrogens with one attached hydrogen (secondary N) is 2.